The largest absolute Gasteiger partial charge is 0.325 e. The van der Waals surface area contributed by atoms with Crippen LogP contribution in [-0.2, 0) is 9.59 Å². The van der Waals surface area contributed by atoms with Gasteiger partial charge in [0, 0.05) is 18.7 Å². The number of amides is 2. The molecule has 7 heteroatoms. The fraction of sp³-hybridized carbons (Fsp3) is 0.316. The summed E-state index contributed by atoms with van der Waals surface area (Å²) in [4.78, 5) is 26.0. The lowest BCUT2D eigenvalue weighted by Crippen LogP contribution is -2.32. The van der Waals surface area contributed by atoms with Crippen molar-refractivity contribution in [3.63, 3.8) is 0 Å². The Bertz CT molecular complexity index is 838. The van der Waals surface area contributed by atoms with Gasteiger partial charge >= 0.3 is 0 Å². The Balaban J connectivity index is 1.78. The molecule has 1 aromatic heterocycles. The summed E-state index contributed by atoms with van der Waals surface area (Å²) >= 11 is 1.32. The zero-order valence-electron chi connectivity index (χ0n) is 15.1. The maximum Gasteiger partial charge on any atom is 0.238 e. The maximum atomic E-state index is 12.2. The lowest BCUT2D eigenvalue weighted by atomic mass is 10.1. The van der Waals surface area contributed by atoms with E-state index in [2.05, 4.69) is 10.6 Å². The van der Waals surface area contributed by atoms with Crippen molar-refractivity contribution in [2.45, 2.75) is 20.3 Å². The van der Waals surface area contributed by atoms with Crippen LogP contribution >= 0.6 is 11.3 Å². The predicted molar refractivity (Wildman–Crippen MR) is 104 cm³/mol. The zero-order valence-corrected chi connectivity index (χ0v) is 15.9. The summed E-state index contributed by atoms with van der Waals surface area (Å²) in [5.41, 5.74) is 3.44. The lowest BCUT2D eigenvalue weighted by molar-refractivity contribution is -0.119. The standard InChI is InChI=1S/C19H22N4O2S/c1-13-5-4-6-16(14(13)2)21-18(25)12-23(3)9-7-17(24)22-19-15(11-20)8-10-26-19/h4-6,8,10H,7,9,12H2,1-3H3,(H,21,25)(H,22,24). The highest BCUT2D eigenvalue weighted by Gasteiger charge is 2.12. The van der Waals surface area contributed by atoms with Crippen molar-refractivity contribution in [2.75, 3.05) is 30.8 Å². The molecule has 0 spiro atoms. The molecule has 2 rings (SSSR count). The van der Waals surface area contributed by atoms with Gasteiger partial charge in [-0.25, -0.2) is 0 Å². The van der Waals surface area contributed by atoms with Crippen LogP contribution < -0.4 is 10.6 Å². The van der Waals surface area contributed by atoms with Crippen LogP contribution in [0.1, 0.15) is 23.1 Å². The zero-order chi connectivity index (χ0) is 19.1. The number of anilines is 2. The van der Waals surface area contributed by atoms with E-state index in [1.165, 1.54) is 11.3 Å². The molecule has 2 amide bonds. The topological polar surface area (TPSA) is 85.2 Å². The van der Waals surface area contributed by atoms with Crippen LogP contribution in [0.5, 0.6) is 0 Å². The number of benzene rings is 1. The Morgan fingerprint density at radius 2 is 1.96 bits per heavy atom. The first-order chi connectivity index (χ1) is 12.4. The maximum absolute atomic E-state index is 12.2. The molecule has 0 fully saturated rings. The number of rotatable bonds is 7. The first kappa shape index (κ1) is 19.6. The van der Waals surface area contributed by atoms with Crippen LogP contribution in [0.2, 0.25) is 0 Å². The van der Waals surface area contributed by atoms with Gasteiger partial charge in [0.2, 0.25) is 11.8 Å². The molecule has 1 aromatic carbocycles. The number of thiophene rings is 1. The van der Waals surface area contributed by atoms with Crippen LogP contribution in [0.4, 0.5) is 10.7 Å². The van der Waals surface area contributed by atoms with Crippen molar-refractivity contribution < 1.29 is 9.59 Å². The van der Waals surface area contributed by atoms with Crippen molar-refractivity contribution in [3.05, 3.63) is 46.3 Å². The molecular weight excluding hydrogens is 348 g/mol. The highest BCUT2D eigenvalue weighted by Crippen LogP contribution is 2.22. The summed E-state index contributed by atoms with van der Waals surface area (Å²) < 4.78 is 0. The van der Waals surface area contributed by atoms with Crippen LogP contribution in [0.25, 0.3) is 0 Å². The second-order valence-electron chi connectivity index (χ2n) is 6.11. The van der Waals surface area contributed by atoms with Crippen molar-refractivity contribution in [1.82, 2.24) is 4.90 Å². The molecule has 2 aromatic rings. The molecule has 26 heavy (non-hydrogen) atoms. The van der Waals surface area contributed by atoms with E-state index in [9.17, 15) is 9.59 Å². The summed E-state index contributed by atoms with van der Waals surface area (Å²) in [5, 5.41) is 16.9. The Hall–Kier alpha value is -2.69. The molecule has 0 atom stereocenters. The average molecular weight is 370 g/mol. The van der Waals surface area contributed by atoms with Gasteiger partial charge in [-0.1, -0.05) is 12.1 Å². The van der Waals surface area contributed by atoms with Crippen LogP contribution in [0.3, 0.4) is 0 Å². The van der Waals surface area contributed by atoms with Crippen LogP contribution in [0.15, 0.2) is 29.6 Å². The van der Waals surface area contributed by atoms with E-state index in [-0.39, 0.29) is 24.8 Å². The molecule has 0 radical (unpaired) electrons. The van der Waals surface area contributed by atoms with E-state index in [4.69, 9.17) is 5.26 Å². The number of carbonyl (C=O) groups is 2. The van der Waals surface area contributed by atoms with Gasteiger partial charge in [0.05, 0.1) is 12.1 Å². The van der Waals surface area contributed by atoms with Crippen molar-refractivity contribution in [1.29, 1.82) is 5.26 Å². The molecule has 0 aliphatic carbocycles. The number of nitriles is 1. The minimum absolute atomic E-state index is 0.119. The first-order valence-electron chi connectivity index (χ1n) is 8.22. The molecule has 0 bridgehead atoms. The molecule has 0 unspecified atom stereocenters. The number of carbonyl (C=O) groups excluding carboxylic acids is 2. The first-order valence-corrected chi connectivity index (χ1v) is 9.10. The van der Waals surface area contributed by atoms with E-state index >= 15 is 0 Å². The molecule has 0 saturated heterocycles. The summed E-state index contributed by atoms with van der Waals surface area (Å²) in [6, 6.07) is 9.49. The van der Waals surface area contributed by atoms with E-state index in [0.29, 0.717) is 17.1 Å². The molecule has 1 heterocycles. The van der Waals surface area contributed by atoms with Gasteiger partial charge < -0.3 is 10.6 Å². The second kappa shape index (κ2) is 9.13. The van der Waals surface area contributed by atoms with Gasteiger partial charge in [0.15, 0.2) is 0 Å². The molecular formula is C19H22N4O2S. The SMILES string of the molecule is Cc1cccc(NC(=O)CN(C)CCC(=O)Nc2sccc2C#N)c1C. The fourth-order valence-corrected chi connectivity index (χ4v) is 3.13. The van der Waals surface area contributed by atoms with Gasteiger partial charge in [-0.2, -0.15) is 5.26 Å². The highest BCUT2D eigenvalue weighted by atomic mass is 32.1. The van der Waals surface area contributed by atoms with Crippen molar-refractivity contribution in [3.8, 4) is 6.07 Å². The average Bonchev–Trinajstić information content (AvgIpc) is 3.04. The molecule has 136 valence electrons. The van der Waals surface area contributed by atoms with E-state index in [1.807, 2.05) is 38.1 Å². The van der Waals surface area contributed by atoms with E-state index < -0.39 is 0 Å². The van der Waals surface area contributed by atoms with Gasteiger partial charge in [-0.05, 0) is 49.5 Å². The summed E-state index contributed by atoms with van der Waals surface area (Å²) in [6.07, 6.45) is 0.246. The third kappa shape index (κ3) is 5.41. The molecule has 0 saturated carbocycles. The number of likely N-dealkylation sites (N-methyl/N-ethyl adjacent to an activating group) is 1. The quantitative estimate of drug-likeness (QED) is 0.784. The van der Waals surface area contributed by atoms with Crippen LogP contribution in [0, 0.1) is 25.2 Å². The monoisotopic (exact) mass is 370 g/mol. The minimum Gasteiger partial charge on any atom is -0.325 e. The van der Waals surface area contributed by atoms with E-state index in [0.717, 1.165) is 16.8 Å². The van der Waals surface area contributed by atoms with Gasteiger partial charge in [0.25, 0.3) is 0 Å². The molecule has 6 nitrogen and oxygen atoms in total. The lowest BCUT2D eigenvalue weighted by Gasteiger charge is -2.17. The number of hydrogen-bond acceptors (Lipinski definition) is 5. The van der Waals surface area contributed by atoms with Crippen molar-refractivity contribution >= 4 is 33.8 Å². The summed E-state index contributed by atoms with van der Waals surface area (Å²) in [5.74, 6) is -0.294. The summed E-state index contributed by atoms with van der Waals surface area (Å²) in [7, 11) is 1.79. The summed E-state index contributed by atoms with van der Waals surface area (Å²) in [6.45, 7) is 4.61. The Morgan fingerprint density at radius 1 is 1.19 bits per heavy atom. The number of hydrogen-bond donors (Lipinski definition) is 2. The number of nitrogens with zero attached hydrogens (tertiary/aromatic N) is 2. The molecule has 0 aliphatic heterocycles. The van der Waals surface area contributed by atoms with E-state index in [1.54, 1.807) is 23.4 Å². The third-order valence-electron chi connectivity index (χ3n) is 4.05. The third-order valence-corrected chi connectivity index (χ3v) is 4.88. The number of nitrogens with one attached hydrogen (secondary N) is 2. The Morgan fingerprint density at radius 3 is 2.69 bits per heavy atom. The minimum atomic E-state index is -0.175. The number of aryl methyl sites for hydroxylation is 1. The Kier molecular flexibility index (Phi) is 6.89. The molecule has 2 N–H and O–H groups in total. The Labute approximate surface area is 157 Å². The van der Waals surface area contributed by atoms with Crippen LogP contribution in [-0.4, -0.2) is 36.9 Å². The predicted octanol–water partition coefficient (Wildman–Crippen LogP) is 3.14. The van der Waals surface area contributed by atoms with Gasteiger partial charge in [0.1, 0.15) is 11.1 Å². The smallest absolute Gasteiger partial charge is 0.238 e. The van der Waals surface area contributed by atoms with Gasteiger partial charge in [-0.3, -0.25) is 14.5 Å². The fourth-order valence-electron chi connectivity index (χ4n) is 2.38. The van der Waals surface area contributed by atoms with Crippen molar-refractivity contribution in [2.24, 2.45) is 0 Å². The molecule has 0 aliphatic rings. The normalized spacial score (nSPS) is 10.4. The second-order valence-corrected chi connectivity index (χ2v) is 7.02. The van der Waals surface area contributed by atoms with Gasteiger partial charge in [-0.15, -0.1) is 11.3 Å². The highest BCUT2D eigenvalue weighted by molar-refractivity contribution is 7.14.